The minimum Gasteiger partial charge on any atom is -0.325 e. The van der Waals surface area contributed by atoms with Gasteiger partial charge >= 0.3 is 0 Å². The Morgan fingerprint density at radius 1 is 0.825 bits per heavy atom. The number of halogens is 2. The molecule has 0 aromatic heterocycles. The Kier molecular flexibility index (Phi) is 10.2. The number of thioether (sulfide) groups is 1. The fraction of sp³-hybridized carbons (Fsp3) is 0.0645. The Hall–Kier alpha value is -3.85. The molecule has 4 aromatic carbocycles. The van der Waals surface area contributed by atoms with Crippen molar-refractivity contribution in [2.45, 2.75) is 17.1 Å². The number of carbonyl (C=O) groups excluding carboxylic acids is 3. The summed E-state index contributed by atoms with van der Waals surface area (Å²) < 4.78 is 0.927. The molecule has 4 rings (SSSR count). The summed E-state index contributed by atoms with van der Waals surface area (Å²) in [6.07, 6.45) is 1.53. The summed E-state index contributed by atoms with van der Waals surface area (Å²) in [6.45, 7) is 1.81. The molecule has 0 radical (unpaired) electrons. The Labute approximate surface area is 250 Å². The van der Waals surface area contributed by atoms with E-state index in [1.54, 1.807) is 72.8 Å². The van der Waals surface area contributed by atoms with Crippen LogP contribution < -0.4 is 16.0 Å². The average molecular weight is 635 g/mol. The number of amides is 3. The lowest BCUT2D eigenvalue weighted by Crippen LogP contribution is -2.30. The summed E-state index contributed by atoms with van der Waals surface area (Å²) in [4.78, 5) is 39.7. The maximum absolute atomic E-state index is 13.4. The lowest BCUT2D eigenvalue weighted by Gasteiger charge is -2.14. The quantitative estimate of drug-likeness (QED) is 0.131. The number of hydrogen-bond acceptors (Lipinski definition) is 4. The Balaban J connectivity index is 1.48. The van der Waals surface area contributed by atoms with Crippen LogP contribution in [0.2, 0.25) is 5.02 Å². The van der Waals surface area contributed by atoms with Gasteiger partial charge in [0.05, 0.1) is 5.25 Å². The molecule has 9 heteroatoms. The molecular weight excluding hydrogens is 610 g/mol. The van der Waals surface area contributed by atoms with E-state index in [1.807, 2.05) is 37.3 Å². The molecule has 1 unspecified atom stereocenters. The first kappa shape index (κ1) is 29.1. The maximum atomic E-state index is 13.4. The number of carbonyl (C=O) groups is 3. The van der Waals surface area contributed by atoms with E-state index in [9.17, 15) is 14.4 Å². The van der Waals surface area contributed by atoms with Gasteiger partial charge in [-0.2, -0.15) is 0 Å². The summed E-state index contributed by atoms with van der Waals surface area (Å²) in [6, 6.07) is 30.2. The normalized spacial score (nSPS) is 11.8. The second-order valence-corrected chi connectivity index (χ2v) is 11.4. The molecule has 40 heavy (non-hydrogen) atoms. The van der Waals surface area contributed by atoms with Crippen molar-refractivity contribution in [3.63, 3.8) is 0 Å². The van der Waals surface area contributed by atoms with E-state index in [1.165, 1.54) is 17.8 Å². The van der Waals surface area contributed by atoms with Crippen LogP contribution in [-0.4, -0.2) is 23.0 Å². The summed E-state index contributed by atoms with van der Waals surface area (Å²) in [5.74, 6) is -1.09. The molecule has 3 N–H and O–H groups in total. The van der Waals surface area contributed by atoms with E-state index in [0.717, 1.165) is 9.37 Å². The van der Waals surface area contributed by atoms with Crippen molar-refractivity contribution in [3.8, 4) is 0 Å². The van der Waals surface area contributed by atoms with Crippen LogP contribution >= 0.6 is 39.3 Å². The largest absolute Gasteiger partial charge is 0.325 e. The SMILES string of the molecule is CC(Sc1cccc(NC(=O)/C(=C\c2ccccc2Cl)NC(=O)c2ccccc2)c1)C(=O)Nc1ccc(Br)cc1. The van der Waals surface area contributed by atoms with Crippen LogP contribution in [0, 0.1) is 0 Å². The molecule has 1 atom stereocenters. The third-order valence-corrected chi connectivity index (χ3v) is 7.59. The lowest BCUT2D eigenvalue weighted by atomic mass is 10.1. The standard InChI is InChI=1S/C31H25BrClN3O3S/c1-20(29(37)34-24-16-14-23(32)15-17-24)40-26-12-7-11-25(19-26)35-31(39)28(18-22-10-5-6-13-27(22)33)36-30(38)21-8-3-2-4-9-21/h2-20H,1H3,(H,34,37)(H,35,39)(H,36,38)/b28-18+. The summed E-state index contributed by atoms with van der Waals surface area (Å²) in [5, 5.41) is 8.50. The van der Waals surface area contributed by atoms with Crippen molar-refractivity contribution in [2.75, 3.05) is 10.6 Å². The van der Waals surface area contributed by atoms with Crippen LogP contribution in [0.15, 0.2) is 118 Å². The van der Waals surface area contributed by atoms with Crippen LogP contribution in [0.4, 0.5) is 11.4 Å². The molecule has 0 saturated carbocycles. The van der Waals surface area contributed by atoms with E-state index in [-0.39, 0.29) is 11.6 Å². The molecule has 0 bridgehead atoms. The van der Waals surface area contributed by atoms with E-state index >= 15 is 0 Å². The van der Waals surface area contributed by atoms with Crippen LogP contribution in [0.1, 0.15) is 22.8 Å². The zero-order valence-corrected chi connectivity index (χ0v) is 24.5. The van der Waals surface area contributed by atoms with Crippen molar-refractivity contribution in [2.24, 2.45) is 0 Å². The Morgan fingerprint density at radius 3 is 2.25 bits per heavy atom. The number of nitrogens with one attached hydrogen (secondary N) is 3. The average Bonchev–Trinajstić information content (AvgIpc) is 2.95. The van der Waals surface area contributed by atoms with Gasteiger partial charge < -0.3 is 16.0 Å². The third-order valence-electron chi connectivity index (χ3n) is 5.62. The van der Waals surface area contributed by atoms with Crippen LogP contribution in [0.25, 0.3) is 6.08 Å². The van der Waals surface area contributed by atoms with Crippen molar-refractivity contribution < 1.29 is 14.4 Å². The van der Waals surface area contributed by atoms with Gasteiger partial charge in [-0.1, -0.05) is 70.0 Å². The summed E-state index contributed by atoms with van der Waals surface area (Å²) in [7, 11) is 0. The van der Waals surface area contributed by atoms with Crippen molar-refractivity contribution in [1.29, 1.82) is 0 Å². The number of rotatable bonds is 9. The minimum absolute atomic E-state index is 0.0299. The molecule has 4 aromatic rings. The van der Waals surface area contributed by atoms with Gasteiger partial charge in [-0.15, -0.1) is 11.8 Å². The zero-order chi connectivity index (χ0) is 28.5. The van der Waals surface area contributed by atoms with Gasteiger partial charge in [0.1, 0.15) is 5.70 Å². The molecule has 0 saturated heterocycles. The highest BCUT2D eigenvalue weighted by molar-refractivity contribution is 9.10. The van der Waals surface area contributed by atoms with Crippen LogP contribution in [0.3, 0.4) is 0 Å². The second-order valence-electron chi connectivity index (χ2n) is 8.64. The number of hydrogen-bond donors (Lipinski definition) is 3. The van der Waals surface area contributed by atoms with E-state index in [0.29, 0.717) is 27.5 Å². The second kappa shape index (κ2) is 14.0. The van der Waals surface area contributed by atoms with E-state index in [2.05, 4.69) is 31.9 Å². The Bertz CT molecular complexity index is 1550. The van der Waals surface area contributed by atoms with Gasteiger partial charge in [-0.05, 0) is 79.2 Å². The zero-order valence-electron chi connectivity index (χ0n) is 21.4. The predicted molar refractivity (Wildman–Crippen MR) is 166 cm³/mol. The van der Waals surface area contributed by atoms with Gasteiger partial charge in [0.15, 0.2) is 0 Å². The smallest absolute Gasteiger partial charge is 0.272 e. The first-order valence-electron chi connectivity index (χ1n) is 12.3. The molecule has 0 fully saturated rings. The fourth-order valence-corrected chi connectivity index (χ4v) is 4.95. The van der Waals surface area contributed by atoms with Gasteiger partial charge in [-0.25, -0.2) is 0 Å². The topological polar surface area (TPSA) is 87.3 Å². The molecule has 0 heterocycles. The van der Waals surface area contributed by atoms with Gasteiger partial charge in [-0.3, -0.25) is 14.4 Å². The molecule has 0 spiro atoms. The lowest BCUT2D eigenvalue weighted by molar-refractivity contribution is -0.115. The van der Waals surface area contributed by atoms with Gasteiger partial charge in [0, 0.05) is 31.3 Å². The maximum Gasteiger partial charge on any atom is 0.272 e. The highest BCUT2D eigenvalue weighted by Crippen LogP contribution is 2.27. The molecule has 0 aliphatic carbocycles. The third kappa shape index (κ3) is 8.32. The first-order valence-corrected chi connectivity index (χ1v) is 14.3. The summed E-state index contributed by atoms with van der Waals surface area (Å²) in [5.41, 5.74) is 2.24. The highest BCUT2D eigenvalue weighted by Gasteiger charge is 2.18. The monoisotopic (exact) mass is 633 g/mol. The van der Waals surface area contributed by atoms with Crippen molar-refractivity contribution in [3.05, 3.63) is 129 Å². The highest BCUT2D eigenvalue weighted by atomic mass is 79.9. The summed E-state index contributed by atoms with van der Waals surface area (Å²) >= 11 is 11.1. The van der Waals surface area contributed by atoms with Crippen molar-refractivity contribution in [1.82, 2.24) is 5.32 Å². The van der Waals surface area contributed by atoms with E-state index in [4.69, 9.17) is 11.6 Å². The van der Waals surface area contributed by atoms with Crippen LogP contribution in [-0.2, 0) is 9.59 Å². The van der Waals surface area contributed by atoms with E-state index < -0.39 is 17.1 Å². The fourth-order valence-electron chi connectivity index (χ4n) is 3.57. The molecular formula is C31H25BrClN3O3S. The molecule has 0 aliphatic heterocycles. The molecule has 3 amide bonds. The number of anilines is 2. The molecule has 6 nitrogen and oxygen atoms in total. The predicted octanol–water partition coefficient (Wildman–Crippen LogP) is 7.63. The van der Waals surface area contributed by atoms with Gasteiger partial charge in [0.2, 0.25) is 5.91 Å². The Morgan fingerprint density at radius 2 is 1.52 bits per heavy atom. The van der Waals surface area contributed by atoms with Gasteiger partial charge in [0.25, 0.3) is 11.8 Å². The molecule has 0 aliphatic rings. The molecule has 202 valence electrons. The van der Waals surface area contributed by atoms with Crippen molar-refractivity contribution >= 4 is 74.5 Å². The van der Waals surface area contributed by atoms with Crippen LogP contribution in [0.5, 0.6) is 0 Å². The number of benzene rings is 4. The minimum atomic E-state index is -0.521. The first-order chi connectivity index (χ1) is 19.3.